The Bertz CT molecular complexity index is 689. The summed E-state index contributed by atoms with van der Waals surface area (Å²) in [6.45, 7) is 4.28. The highest BCUT2D eigenvalue weighted by molar-refractivity contribution is 6.05. The van der Waals surface area contributed by atoms with E-state index in [2.05, 4.69) is 20.7 Å². The summed E-state index contributed by atoms with van der Waals surface area (Å²) in [7, 11) is 1.46. The summed E-state index contributed by atoms with van der Waals surface area (Å²) in [5.41, 5.74) is 0.884. The fraction of sp³-hybridized carbons (Fsp3) is 0.375. The van der Waals surface area contributed by atoms with E-state index in [0.717, 1.165) is 17.8 Å². The molecule has 0 saturated carbocycles. The third kappa shape index (κ3) is 4.31. The molecule has 1 unspecified atom stereocenters. The van der Waals surface area contributed by atoms with Crippen molar-refractivity contribution in [2.45, 2.75) is 26.3 Å². The molecule has 1 fully saturated rings. The molecule has 1 aliphatic heterocycles. The van der Waals surface area contributed by atoms with Crippen LogP contribution in [0.2, 0.25) is 0 Å². The van der Waals surface area contributed by atoms with Gasteiger partial charge >= 0.3 is 6.03 Å². The number of aromatic nitrogens is 2. The van der Waals surface area contributed by atoms with E-state index < -0.39 is 18.0 Å². The maximum atomic E-state index is 11.8. The molecule has 8 heteroatoms. The number of ether oxygens (including phenoxy) is 1. The molecule has 0 aromatic carbocycles. The normalized spacial score (nSPS) is 19.3. The highest BCUT2D eigenvalue weighted by atomic mass is 16.5. The number of aliphatic imine (C=N–C) groups is 1. The Balaban J connectivity index is 2.17. The first kappa shape index (κ1) is 17.5. The first-order chi connectivity index (χ1) is 11.5. The van der Waals surface area contributed by atoms with Crippen LogP contribution in [0.5, 0.6) is 0 Å². The van der Waals surface area contributed by atoms with Crippen LogP contribution in [0.3, 0.4) is 0 Å². The first-order valence-corrected chi connectivity index (χ1v) is 7.62. The number of rotatable bonds is 6. The van der Waals surface area contributed by atoms with Gasteiger partial charge in [-0.05, 0) is 31.1 Å². The van der Waals surface area contributed by atoms with Crippen molar-refractivity contribution >= 4 is 17.8 Å². The van der Waals surface area contributed by atoms with Gasteiger partial charge in [-0.3, -0.25) is 15.1 Å². The number of carbonyl (C=O) groups excluding carboxylic acids is 2. The Morgan fingerprint density at radius 2 is 2.29 bits per heavy atom. The maximum absolute atomic E-state index is 11.8. The lowest BCUT2D eigenvalue weighted by molar-refractivity contribution is -0.120. The number of carbonyl (C=O) groups is 2. The van der Waals surface area contributed by atoms with Gasteiger partial charge in [0.1, 0.15) is 11.6 Å². The van der Waals surface area contributed by atoms with Crippen molar-refractivity contribution in [2.24, 2.45) is 4.99 Å². The fourth-order valence-corrected chi connectivity index (χ4v) is 2.23. The van der Waals surface area contributed by atoms with Crippen molar-refractivity contribution in [1.82, 2.24) is 20.4 Å². The maximum Gasteiger partial charge on any atom is 0.322 e. The average molecular weight is 331 g/mol. The van der Waals surface area contributed by atoms with Crippen molar-refractivity contribution in [3.05, 3.63) is 41.9 Å². The van der Waals surface area contributed by atoms with Crippen LogP contribution in [0.15, 0.2) is 46.9 Å². The summed E-state index contributed by atoms with van der Waals surface area (Å²) >= 11 is 0. The lowest BCUT2D eigenvalue weighted by Gasteiger charge is -2.12. The number of amides is 3. The summed E-state index contributed by atoms with van der Waals surface area (Å²) in [6, 6.07) is 0.479. The molecule has 1 aromatic heterocycles. The molecule has 2 N–H and O–H groups in total. The van der Waals surface area contributed by atoms with Gasteiger partial charge < -0.3 is 10.1 Å². The van der Waals surface area contributed by atoms with Gasteiger partial charge in [0, 0.05) is 12.4 Å². The molecule has 3 amide bonds. The molecular weight excluding hydrogens is 310 g/mol. The average Bonchev–Trinajstić information content (AvgIpc) is 3.19. The van der Waals surface area contributed by atoms with E-state index in [9.17, 15) is 9.59 Å². The molecular formula is C16H21N5O3. The van der Waals surface area contributed by atoms with Gasteiger partial charge in [0.05, 0.1) is 13.7 Å². The fourth-order valence-electron chi connectivity index (χ4n) is 2.23. The number of hydrogen-bond acceptors (Lipinski definition) is 5. The molecule has 0 radical (unpaired) electrons. The summed E-state index contributed by atoms with van der Waals surface area (Å²) in [5, 5.41) is 8.83. The molecule has 1 saturated heterocycles. The Hall–Kier alpha value is -2.90. The lowest BCUT2D eigenvalue weighted by atomic mass is 10.1. The van der Waals surface area contributed by atoms with E-state index in [-0.39, 0.29) is 0 Å². The molecule has 2 rings (SSSR count). The minimum absolute atomic E-state index is 0.366. The predicted molar refractivity (Wildman–Crippen MR) is 89.5 cm³/mol. The number of allylic oxidation sites excluding steroid dienone is 1. The van der Waals surface area contributed by atoms with Gasteiger partial charge in [-0.2, -0.15) is 5.10 Å². The first-order valence-electron chi connectivity index (χ1n) is 7.62. The molecule has 24 heavy (non-hydrogen) atoms. The smallest absolute Gasteiger partial charge is 0.322 e. The summed E-state index contributed by atoms with van der Waals surface area (Å²) < 4.78 is 6.96. The van der Waals surface area contributed by atoms with Crippen LogP contribution in [-0.2, 0) is 9.53 Å². The second-order valence-corrected chi connectivity index (χ2v) is 5.15. The molecule has 1 aromatic rings. The van der Waals surface area contributed by atoms with Gasteiger partial charge in [0.2, 0.25) is 0 Å². The molecule has 1 atom stereocenters. The molecule has 0 bridgehead atoms. The Labute approximate surface area is 140 Å². The van der Waals surface area contributed by atoms with Crippen LogP contribution < -0.4 is 10.6 Å². The second kappa shape index (κ2) is 8.09. The summed E-state index contributed by atoms with van der Waals surface area (Å²) in [5.74, 6) is 0.687. The molecule has 2 heterocycles. The summed E-state index contributed by atoms with van der Waals surface area (Å²) in [6.07, 6.45) is 8.04. The van der Waals surface area contributed by atoms with Gasteiger partial charge in [-0.25, -0.2) is 9.48 Å². The van der Waals surface area contributed by atoms with Gasteiger partial charge in [-0.15, -0.1) is 0 Å². The van der Waals surface area contributed by atoms with E-state index in [1.165, 1.54) is 7.11 Å². The van der Waals surface area contributed by atoms with E-state index >= 15 is 0 Å². The number of hydrogen-bond donors (Lipinski definition) is 2. The number of methoxy groups -OCH3 is 1. The van der Waals surface area contributed by atoms with E-state index in [0.29, 0.717) is 12.3 Å². The number of nitrogens with zero attached hydrogens (tertiary/aromatic N) is 3. The lowest BCUT2D eigenvalue weighted by Crippen LogP contribution is -2.31. The number of urea groups is 1. The van der Waals surface area contributed by atoms with E-state index in [4.69, 9.17) is 4.74 Å². The van der Waals surface area contributed by atoms with Crippen LogP contribution in [-0.4, -0.2) is 47.3 Å². The van der Waals surface area contributed by atoms with Crippen molar-refractivity contribution in [3.63, 3.8) is 0 Å². The molecule has 8 nitrogen and oxygen atoms in total. The molecule has 1 aliphatic rings. The van der Waals surface area contributed by atoms with E-state index in [1.807, 2.05) is 32.2 Å². The van der Waals surface area contributed by atoms with Crippen LogP contribution in [0.1, 0.15) is 20.3 Å². The highest BCUT2D eigenvalue weighted by Gasteiger charge is 2.33. The van der Waals surface area contributed by atoms with Crippen molar-refractivity contribution in [2.75, 3.05) is 13.7 Å². The molecule has 0 spiro atoms. The van der Waals surface area contributed by atoms with Crippen LogP contribution in [0.4, 0.5) is 4.79 Å². The zero-order valence-electron chi connectivity index (χ0n) is 13.9. The van der Waals surface area contributed by atoms with Gasteiger partial charge in [0.15, 0.2) is 6.04 Å². The number of imide groups is 1. The Morgan fingerprint density at radius 3 is 2.83 bits per heavy atom. The zero-order chi connectivity index (χ0) is 17.5. The van der Waals surface area contributed by atoms with Crippen molar-refractivity contribution in [1.29, 1.82) is 0 Å². The van der Waals surface area contributed by atoms with Gasteiger partial charge in [-0.1, -0.05) is 13.0 Å². The standard InChI is InChI=1S/C16H21N5O3/c1-4-6-12(10-17-11(2)21-8-5-7-18-21)9-13(24-3)14-15(22)20-16(23)19-14/h5-9,14H,4,10H2,1-3H3,(H2,19,20,22,23)/b12-6-,13-9-,17-11?. The van der Waals surface area contributed by atoms with Gasteiger partial charge in [0.25, 0.3) is 5.91 Å². The third-order valence-electron chi connectivity index (χ3n) is 3.41. The quantitative estimate of drug-likeness (QED) is 0.269. The van der Waals surface area contributed by atoms with Crippen LogP contribution >= 0.6 is 0 Å². The zero-order valence-corrected chi connectivity index (χ0v) is 13.9. The Kier molecular flexibility index (Phi) is 5.89. The van der Waals surface area contributed by atoms with Crippen LogP contribution in [0.25, 0.3) is 0 Å². The minimum Gasteiger partial charge on any atom is -0.498 e. The Morgan fingerprint density at radius 1 is 1.50 bits per heavy atom. The molecule has 0 aliphatic carbocycles. The SMILES string of the molecule is CC/C=C(/C=C(\OC)C1NC(=O)NC1=O)CN=C(C)n1cccn1. The minimum atomic E-state index is -0.820. The highest BCUT2D eigenvalue weighted by Crippen LogP contribution is 2.13. The second-order valence-electron chi connectivity index (χ2n) is 5.15. The predicted octanol–water partition coefficient (Wildman–Crippen LogP) is 1.22. The van der Waals surface area contributed by atoms with Crippen LogP contribution in [0, 0.1) is 0 Å². The summed E-state index contributed by atoms with van der Waals surface area (Å²) in [4.78, 5) is 27.5. The van der Waals surface area contributed by atoms with Crippen molar-refractivity contribution < 1.29 is 14.3 Å². The number of nitrogens with one attached hydrogen (secondary N) is 2. The third-order valence-corrected chi connectivity index (χ3v) is 3.41. The molecule has 128 valence electrons. The largest absolute Gasteiger partial charge is 0.498 e. The van der Waals surface area contributed by atoms with E-state index in [1.54, 1.807) is 17.0 Å². The monoisotopic (exact) mass is 331 g/mol. The topological polar surface area (TPSA) is 97.6 Å². The van der Waals surface area contributed by atoms with Crippen molar-refractivity contribution in [3.8, 4) is 0 Å².